The fraction of sp³-hybridized carbons (Fsp3) is 0.357. The van der Waals surface area contributed by atoms with E-state index in [1.54, 1.807) is 19.2 Å². The van der Waals surface area contributed by atoms with Crippen LogP contribution in [-0.2, 0) is 0 Å². The summed E-state index contributed by atoms with van der Waals surface area (Å²) in [6.07, 6.45) is 2.34. The fourth-order valence-electron chi connectivity index (χ4n) is 2.59. The van der Waals surface area contributed by atoms with Gasteiger partial charge in [0.05, 0.1) is 35.6 Å². The van der Waals surface area contributed by atoms with Crippen molar-refractivity contribution in [2.45, 2.75) is 19.1 Å². The van der Waals surface area contributed by atoms with Crippen LogP contribution in [0.1, 0.15) is 11.6 Å². The molecule has 1 fully saturated rings. The maximum atomic E-state index is 13.9. The number of β-amino-alcohol motifs (C(OH)–C–C–N with tert-alkyl or cyclic N) is 1. The molecule has 2 atom stereocenters. The van der Waals surface area contributed by atoms with Crippen LogP contribution >= 0.6 is 11.6 Å². The number of benzene rings is 1. The number of aryl methyl sites for hydroxylation is 1. The summed E-state index contributed by atoms with van der Waals surface area (Å²) in [5.41, 5.74) is 0.592. The number of carbonyl (C=O) groups is 1. The van der Waals surface area contributed by atoms with Gasteiger partial charge in [-0.2, -0.15) is 0 Å². The van der Waals surface area contributed by atoms with Crippen molar-refractivity contribution in [3.05, 3.63) is 40.9 Å². The molecular weight excluding hydrogens is 325 g/mol. The van der Waals surface area contributed by atoms with Gasteiger partial charge in [-0.25, -0.2) is 13.9 Å². The third-order valence-electron chi connectivity index (χ3n) is 3.75. The van der Waals surface area contributed by atoms with Crippen molar-refractivity contribution in [2.75, 3.05) is 18.4 Å². The molecule has 1 aromatic heterocycles. The quantitative estimate of drug-likeness (QED) is 0.874. The summed E-state index contributed by atoms with van der Waals surface area (Å²) in [4.78, 5) is 13.7. The molecule has 122 valence electrons. The van der Waals surface area contributed by atoms with Crippen LogP contribution in [0, 0.1) is 12.7 Å². The highest BCUT2D eigenvalue weighted by Crippen LogP contribution is 2.28. The average Bonchev–Trinajstić information content (AvgIpc) is 3.11. The van der Waals surface area contributed by atoms with E-state index in [-0.39, 0.29) is 29.8 Å². The molecule has 7 nitrogen and oxygen atoms in total. The number of nitrogens with zero attached hydrogens (tertiary/aromatic N) is 4. The number of aliphatic hydroxyl groups is 1. The Hall–Kier alpha value is -2.19. The molecule has 1 aliphatic heterocycles. The third-order valence-corrected chi connectivity index (χ3v) is 4.04. The van der Waals surface area contributed by atoms with Crippen LogP contribution in [0.15, 0.2) is 24.5 Å². The standard InChI is InChI=1S/C14H15ClFN5O2/c1-8-4-9(15)13(10(16)5-8)18-14(23)20-6-11(12(22)7-20)21-3-2-17-19-21/h2-5,11-12,22H,6-7H2,1H3,(H,18,23)/t11-,12-/m1/s1. The third kappa shape index (κ3) is 3.13. The Morgan fingerprint density at radius 3 is 2.91 bits per heavy atom. The fourth-order valence-corrected chi connectivity index (χ4v) is 2.90. The largest absolute Gasteiger partial charge is 0.389 e. The zero-order chi connectivity index (χ0) is 16.6. The van der Waals surface area contributed by atoms with Gasteiger partial charge in [0, 0.05) is 12.7 Å². The summed E-state index contributed by atoms with van der Waals surface area (Å²) >= 11 is 5.98. The Balaban J connectivity index is 1.73. The van der Waals surface area contributed by atoms with Crippen molar-refractivity contribution in [3.8, 4) is 0 Å². The van der Waals surface area contributed by atoms with Crippen LogP contribution in [0.3, 0.4) is 0 Å². The highest BCUT2D eigenvalue weighted by atomic mass is 35.5. The minimum atomic E-state index is -0.777. The second kappa shape index (κ2) is 6.13. The van der Waals surface area contributed by atoms with Crippen molar-refractivity contribution in [3.63, 3.8) is 0 Å². The van der Waals surface area contributed by atoms with Crippen molar-refractivity contribution >= 4 is 23.3 Å². The molecule has 1 aliphatic rings. The van der Waals surface area contributed by atoms with Gasteiger partial charge in [0.25, 0.3) is 0 Å². The molecule has 0 saturated carbocycles. The lowest BCUT2D eigenvalue weighted by molar-refractivity contribution is 0.139. The molecule has 1 saturated heterocycles. The number of urea groups is 1. The summed E-state index contributed by atoms with van der Waals surface area (Å²) < 4.78 is 15.4. The molecule has 2 heterocycles. The smallest absolute Gasteiger partial charge is 0.322 e. The lowest BCUT2D eigenvalue weighted by atomic mass is 10.2. The van der Waals surface area contributed by atoms with E-state index >= 15 is 0 Å². The number of hydrogen-bond donors (Lipinski definition) is 2. The summed E-state index contributed by atoms with van der Waals surface area (Å²) in [5.74, 6) is -0.601. The van der Waals surface area contributed by atoms with Gasteiger partial charge >= 0.3 is 6.03 Å². The van der Waals surface area contributed by atoms with Crippen LogP contribution in [0.2, 0.25) is 5.02 Å². The average molecular weight is 340 g/mol. The zero-order valence-corrected chi connectivity index (χ0v) is 13.0. The number of aromatic nitrogens is 3. The molecule has 0 radical (unpaired) electrons. The summed E-state index contributed by atoms with van der Waals surface area (Å²) in [6.45, 7) is 2.06. The normalized spacial score (nSPS) is 20.8. The maximum absolute atomic E-state index is 13.9. The van der Waals surface area contributed by atoms with E-state index < -0.39 is 18.0 Å². The van der Waals surface area contributed by atoms with Crippen LogP contribution < -0.4 is 5.32 Å². The van der Waals surface area contributed by atoms with Gasteiger partial charge in [-0.3, -0.25) is 0 Å². The summed E-state index contributed by atoms with van der Waals surface area (Å²) in [5, 5.41) is 20.2. The van der Waals surface area contributed by atoms with Gasteiger partial charge in [0.2, 0.25) is 0 Å². The molecule has 0 spiro atoms. The Morgan fingerprint density at radius 2 is 2.26 bits per heavy atom. The molecule has 0 unspecified atom stereocenters. The highest BCUT2D eigenvalue weighted by molar-refractivity contribution is 6.33. The van der Waals surface area contributed by atoms with E-state index in [4.69, 9.17) is 11.6 Å². The minimum Gasteiger partial charge on any atom is -0.389 e. The predicted molar refractivity (Wildman–Crippen MR) is 81.8 cm³/mol. The van der Waals surface area contributed by atoms with Crippen molar-refractivity contribution in [1.29, 1.82) is 0 Å². The topological polar surface area (TPSA) is 83.3 Å². The number of hydrogen-bond acceptors (Lipinski definition) is 4. The van der Waals surface area contributed by atoms with Gasteiger partial charge in [-0.05, 0) is 24.6 Å². The number of aliphatic hydroxyl groups excluding tert-OH is 1. The van der Waals surface area contributed by atoms with Crippen molar-refractivity contribution in [2.24, 2.45) is 0 Å². The number of nitrogens with one attached hydrogen (secondary N) is 1. The number of anilines is 1. The van der Waals surface area contributed by atoms with E-state index in [1.165, 1.54) is 21.8 Å². The lowest BCUT2D eigenvalue weighted by Crippen LogP contribution is -2.34. The molecule has 23 heavy (non-hydrogen) atoms. The van der Waals surface area contributed by atoms with Crippen molar-refractivity contribution < 1.29 is 14.3 Å². The molecular formula is C14H15ClFN5O2. The molecule has 0 aliphatic carbocycles. The first-order valence-electron chi connectivity index (χ1n) is 7.01. The zero-order valence-electron chi connectivity index (χ0n) is 12.3. The Kier molecular flexibility index (Phi) is 4.18. The highest BCUT2D eigenvalue weighted by Gasteiger charge is 2.36. The van der Waals surface area contributed by atoms with E-state index in [2.05, 4.69) is 15.6 Å². The predicted octanol–water partition coefficient (Wildman–Crippen LogP) is 1.83. The molecule has 2 aromatic rings. The van der Waals surface area contributed by atoms with Gasteiger partial charge in [0.1, 0.15) is 5.82 Å². The monoisotopic (exact) mass is 339 g/mol. The number of carbonyl (C=O) groups excluding carboxylic acids is 1. The Morgan fingerprint density at radius 1 is 1.48 bits per heavy atom. The SMILES string of the molecule is Cc1cc(F)c(NC(=O)N2C[C@@H](O)[C@H](n3ccnn3)C2)c(Cl)c1. The second-order valence-corrected chi connectivity index (χ2v) is 5.86. The molecule has 0 bridgehead atoms. The molecule has 3 rings (SSSR count). The van der Waals surface area contributed by atoms with Crippen LogP contribution in [0.25, 0.3) is 0 Å². The number of amides is 2. The number of likely N-dealkylation sites (tertiary alicyclic amines) is 1. The molecule has 9 heteroatoms. The van der Waals surface area contributed by atoms with Gasteiger partial charge in [-0.15, -0.1) is 5.10 Å². The first-order chi connectivity index (χ1) is 11.0. The van der Waals surface area contributed by atoms with E-state index in [0.29, 0.717) is 5.56 Å². The van der Waals surface area contributed by atoms with E-state index in [1.807, 2.05) is 0 Å². The number of rotatable bonds is 2. The molecule has 2 amide bonds. The second-order valence-electron chi connectivity index (χ2n) is 5.46. The number of halogens is 2. The maximum Gasteiger partial charge on any atom is 0.322 e. The molecule has 2 N–H and O–H groups in total. The Labute approximate surface area is 136 Å². The van der Waals surface area contributed by atoms with Crippen molar-refractivity contribution in [1.82, 2.24) is 19.9 Å². The first-order valence-corrected chi connectivity index (χ1v) is 7.39. The van der Waals surface area contributed by atoms with Gasteiger partial charge in [0.15, 0.2) is 0 Å². The van der Waals surface area contributed by atoms with Crippen LogP contribution in [-0.4, -0.2) is 50.2 Å². The Bertz CT molecular complexity index is 701. The van der Waals surface area contributed by atoms with E-state index in [9.17, 15) is 14.3 Å². The van der Waals surface area contributed by atoms with E-state index in [0.717, 1.165) is 0 Å². The first kappa shape index (κ1) is 15.7. The molecule has 1 aromatic carbocycles. The lowest BCUT2D eigenvalue weighted by Gasteiger charge is -2.18. The minimum absolute atomic E-state index is 0.0686. The van der Waals surface area contributed by atoms with Crippen LogP contribution in [0.4, 0.5) is 14.9 Å². The summed E-state index contributed by atoms with van der Waals surface area (Å²) in [6, 6.07) is 1.94. The van der Waals surface area contributed by atoms with Gasteiger partial charge in [-0.1, -0.05) is 16.8 Å². The van der Waals surface area contributed by atoms with Gasteiger partial charge < -0.3 is 15.3 Å². The van der Waals surface area contributed by atoms with Crippen LogP contribution in [0.5, 0.6) is 0 Å². The summed E-state index contributed by atoms with van der Waals surface area (Å²) in [7, 11) is 0.